The molecule has 19 heavy (non-hydrogen) atoms. The fourth-order valence-electron chi connectivity index (χ4n) is 2.58. The van der Waals surface area contributed by atoms with Gasteiger partial charge in [0.15, 0.2) is 0 Å². The van der Waals surface area contributed by atoms with E-state index in [-0.39, 0.29) is 6.04 Å². The molecule has 102 valence electrons. The topological polar surface area (TPSA) is 32.3 Å². The second-order valence-corrected chi connectivity index (χ2v) is 5.76. The van der Waals surface area contributed by atoms with Crippen LogP contribution in [0.3, 0.4) is 0 Å². The molecular weight excluding hydrogens is 234 g/mol. The van der Waals surface area contributed by atoms with Crippen molar-refractivity contribution in [2.45, 2.75) is 39.8 Å². The van der Waals surface area contributed by atoms with Crippen LogP contribution in [0.15, 0.2) is 36.4 Å². The van der Waals surface area contributed by atoms with Crippen molar-refractivity contribution in [3.8, 4) is 5.75 Å². The lowest BCUT2D eigenvalue weighted by Gasteiger charge is -2.27. The van der Waals surface area contributed by atoms with Crippen LogP contribution in [-0.4, -0.2) is 11.1 Å². The number of hydrogen-bond acceptors (Lipinski definition) is 2. The fraction of sp³-hybridized carbons (Fsp3) is 0.412. The highest BCUT2D eigenvalue weighted by molar-refractivity contribution is 5.88. The lowest BCUT2D eigenvalue weighted by Crippen LogP contribution is -2.31. The molecule has 2 aromatic carbocycles. The molecule has 0 aliphatic carbocycles. The van der Waals surface area contributed by atoms with Gasteiger partial charge in [0.2, 0.25) is 0 Å². The SMILES string of the molecule is CC(C)NC(c1c(O)ccc2ccccc12)C(C)C. The highest BCUT2D eigenvalue weighted by Gasteiger charge is 2.21. The van der Waals surface area contributed by atoms with Crippen molar-refractivity contribution in [1.82, 2.24) is 5.32 Å². The van der Waals surface area contributed by atoms with E-state index in [2.05, 4.69) is 45.1 Å². The normalized spacial score (nSPS) is 13.4. The van der Waals surface area contributed by atoms with E-state index >= 15 is 0 Å². The van der Waals surface area contributed by atoms with Gasteiger partial charge in [-0.25, -0.2) is 0 Å². The van der Waals surface area contributed by atoms with Gasteiger partial charge in [0.25, 0.3) is 0 Å². The minimum Gasteiger partial charge on any atom is -0.508 e. The van der Waals surface area contributed by atoms with E-state index in [0.717, 1.165) is 10.9 Å². The van der Waals surface area contributed by atoms with Gasteiger partial charge in [-0.1, -0.05) is 58.0 Å². The van der Waals surface area contributed by atoms with Crippen molar-refractivity contribution in [2.75, 3.05) is 0 Å². The first kappa shape index (κ1) is 13.9. The molecule has 1 atom stereocenters. The maximum absolute atomic E-state index is 10.3. The Morgan fingerprint density at radius 1 is 0.947 bits per heavy atom. The second-order valence-electron chi connectivity index (χ2n) is 5.76. The zero-order chi connectivity index (χ0) is 14.0. The first-order chi connectivity index (χ1) is 9.00. The summed E-state index contributed by atoms with van der Waals surface area (Å²) in [5, 5.41) is 16.2. The van der Waals surface area contributed by atoms with Crippen molar-refractivity contribution < 1.29 is 5.11 Å². The molecule has 0 amide bonds. The molecule has 1 unspecified atom stereocenters. The molecule has 0 fully saturated rings. The lowest BCUT2D eigenvalue weighted by molar-refractivity contribution is 0.367. The van der Waals surface area contributed by atoms with E-state index in [0.29, 0.717) is 17.7 Å². The maximum atomic E-state index is 10.3. The Labute approximate surface area is 115 Å². The maximum Gasteiger partial charge on any atom is 0.121 e. The number of benzene rings is 2. The quantitative estimate of drug-likeness (QED) is 0.858. The Morgan fingerprint density at radius 3 is 2.26 bits per heavy atom. The van der Waals surface area contributed by atoms with Crippen LogP contribution in [-0.2, 0) is 0 Å². The predicted octanol–water partition coefficient (Wildman–Crippen LogP) is 4.24. The van der Waals surface area contributed by atoms with Gasteiger partial charge < -0.3 is 10.4 Å². The van der Waals surface area contributed by atoms with Gasteiger partial charge in [0, 0.05) is 17.6 Å². The summed E-state index contributed by atoms with van der Waals surface area (Å²) < 4.78 is 0. The Morgan fingerprint density at radius 2 is 1.63 bits per heavy atom. The minimum atomic E-state index is 0.158. The van der Waals surface area contributed by atoms with Crippen LogP contribution < -0.4 is 5.32 Å². The molecule has 0 heterocycles. The number of phenols is 1. The molecule has 0 aromatic heterocycles. The molecule has 0 spiro atoms. The summed E-state index contributed by atoms with van der Waals surface area (Å²) in [5.74, 6) is 0.796. The van der Waals surface area contributed by atoms with Crippen LogP contribution in [0.1, 0.15) is 39.3 Å². The third kappa shape index (κ3) is 2.90. The zero-order valence-corrected chi connectivity index (χ0v) is 12.1. The molecule has 2 aromatic rings. The molecule has 0 aliphatic heterocycles. The molecule has 0 saturated heterocycles. The fourth-order valence-corrected chi connectivity index (χ4v) is 2.58. The summed E-state index contributed by atoms with van der Waals surface area (Å²) in [6.45, 7) is 8.64. The highest BCUT2D eigenvalue weighted by atomic mass is 16.3. The molecule has 2 N–H and O–H groups in total. The van der Waals surface area contributed by atoms with Gasteiger partial charge in [0.05, 0.1) is 0 Å². The van der Waals surface area contributed by atoms with Crippen LogP contribution in [0.2, 0.25) is 0 Å². The predicted molar refractivity (Wildman–Crippen MR) is 81.5 cm³/mol. The van der Waals surface area contributed by atoms with Crippen LogP contribution in [0, 0.1) is 5.92 Å². The number of nitrogens with one attached hydrogen (secondary N) is 1. The van der Waals surface area contributed by atoms with Gasteiger partial charge in [-0.3, -0.25) is 0 Å². The number of phenolic OH excluding ortho intramolecular Hbond substituents is 1. The van der Waals surface area contributed by atoms with E-state index in [1.807, 2.05) is 18.2 Å². The molecule has 0 radical (unpaired) electrons. The van der Waals surface area contributed by atoms with Crippen molar-refractivity contribution in [3.63, 3.8) is 0 Å². The third-order valence-electron chi connectivity index (χ3n) is 3.44. The average Bonchev–Trinajstić information content (AvgIpc) is 2.36. The van der Waals surface area contributed by atoms with Crippen molar-refractivity contribution in [2.24, 2.45) is 5.92 Å². The second kappa shape index (κ2) is 5.62. The summed E-state index contributed by atoms with van der Waals surface area (Å²) in [7, 11) is 0. The Kier molecular flexibility index (Phi) is 4.11. The van der Waals surface area contributed by atoms with E-state index < -0.39 is 0 Å². The Hall–Kier alpha value is -1.54. The number of rotatable bonds is 4. The number of aromatic hydroxyl groups is 1. The van der Waals surface area contributed by atoms with Crippen LogP contribution in [0.4, 0.5) is 0 Å². The molecule has 2 rings (SSSR count). The van der Waals surface area contributed by atoms with Crippen LogP contribution >= 0.6 is 0 Å². The van der Waals surface area contributed by atoms with E-state index in [1.54, 1.807) is 6.07 Å². The van der Waals surface area contributed by atoms with Crippen LogP contribution in [0.5, 0.6) is 5.75 Å². The zero-order valence-electron chi connectivity index (χ0n) is 12.1. The summed E-state index contributed by atoms with van der Waals surface area (Å²) >= 11 is 0. The average molecular weight is 257 g/mol. The molecule has 0 aliphatic rings. The van der Waals surface area contributed by atoms with Gasteiger partial charge in [-0.05, 0) is 22.8 Å². The van der Waals surface area contributed by atoms with Gasteiger partial charge >= 0.3 is 0 Å². The van der Waals surface area contributed by atoms with Crippen molar-refractivity contribution >= 4 is 10.8 Å². The summed E-state index contributed by atoms with van der Waals surface area (Å²) in [4.78, 5) is 0. The molecule has 2 heteroatoms. The van der Waals surface area contributed by atoms with E-state index in [4.69, 9.17) is 0 Å². The Balaban J connectivity index is 2.60. The molecular formula is C17H23NO. The van der Waals surface area contributed by atoms with E-state index in [9.17, 15) is 5.11 Å². The smallest absolute Gasteiger partial charge is 0.121 e. The summed E-state index contributed by atoms with van der Waals surface area (Å²) in [6.07, 6.45) is 0. The van der Waals surface area contributed by atoms with Gasteiger partial charge in [-0.2, -0.15) is 0 Å². The minimum absolute atomic E-state index is 0.158. The standard InChI is InChI=1S/C17H23NO/c1-11(2)17(18-12(3)4)16-14-8-6-5-7-13(14)9-10-15(16)19/h5-12,17-19H,1-4H3. The van der Waals surface area contributed by atoms with Gasteiger partial charge in [-0.15, -0.1) is 0 Å². The monoisotopic (exact) mass is 257 g/mol. The molecule has 0 bridgehead atoms. The molecule has 0 saturated carbocycles. The number of hydrogen-bond donors (Lipinski definition) is 2. The summed E-state index contributed by atoms with van der Waals surface area (Å²) in [5.41, 5.74) is 1.02. The lowest BCUT2D eigenvalue weighted by atomic mass is 9.90. The third-order valence-corrected chi connectivity index (χ3v) is 3.44. The van der Waals surface area contributed by atoms with Crippen LogP contribution in [0.25, 0.3) is 10.8 Å². The molecule has 2 nitrogen and oxygen atoms in total. The highest BCUT2D eigenvalue weighted by Crippen LogP contribution is 2.35. The Bertz CT molecular complexity index is 560. The first-order valence-electron chi connectivity index (χ1n) is 6.97. The van der Waals surface area contributed by atoms with E-state index in [1.165, 1.54) is 5.39 Å². The first-order valence-corrected chi connectivity index (χ1v) is 6.97. The van der Waals surface area contributed by atoms with Crippen molar-refractivity contribution in [3.05, 3.63) is 42.0 Å². The van der Waals surface area contributed by atoms with Gasteiger partial charge in [0.1, 0.15) is 5.75 Å². The number of fused-ring (bicyclic) bond motifs is 1. The summed E-state index contributed by atoms with van der Waals surface area (Å²) in [6, 6.07) is 12.5. The largest absolute Gasteiger partial charge is 0.508 e. The van der Waals surface area contributed by atoms with Crippen molar-refractivity contribution in [1.29, 1.82) is 0 Å².